The zero-order chi connectivity index (χ0) is 11.8. The number of hydrogen-bond acceptors (Lipinski definition) is 4. The Bertz CT molecular complexity index is 339. The molecule has 0 saturated carbocycles. The van der Waals surface area contributed by atoms with E-state index in [1.165, 1.54) is 19.1 Å². The average molecular weight is 237 g/mol. The predicted molar refractivity (Wildman–Crippen MR) is 74.9 cm³/mol. The first-order chi connectivity index (χ1) is 7.81. The molecule has 0 aliphatic rings. The van der Waals surface area contributed by atoms with Crippen LogP contribution < -0.4 is 10.0 Å². The van der Waals surface area contributed by atoms with Crippen molar-refractivity contribution in [2.75, 3.05) is 22.8 Å². The van der Waals surface area contributed by atoms with Gasteiger partial charge in [0.1, 0.15) is 0 Å². The van der Waals surface area contributed by atoms with Crippen LogP contribution in [0.1, 0.15) is 25.3 Å². The van der Waals surface area contributed by atoms with Crippen molar-refractivity contribution in [2.45, 2.75) is 19.8 Å². The number of rotatable bonds is 7. The van der Waals surface area contributed by atoms with E-state index >= 15 is 0 Å². The number of unbranched alkanes of at least 4 members (excludes halogenated alkanes) is 1. The normalized spacial score (nSPS) is 9.88. The lowest BCUT2D eigenvalue weighted by Crippen LogP contribution is -1.96. The maximum atomic E-state index is 7.26. The first kappa shape index (κ1) is 12.9. The molecule has 4 heteroatoms. The van der Waals surface area contributed by atoms with Crippen LogP contribution >= 0.6 is 11.9 Å². The fourth-order valence-electron chi connectivity index (χ4n) is 1.31. The van der Waals surface area contributed by atoms with Gasteiger partial charge in [0.05, 0.1) is 0 Å². The Morgan fingerprint density at radius 3 is 2.88 bits per heavy atom. The highest BCUT2D eigenvalue weighted by atomic mass is 32.2. The second kappa shape index (κ2) is 7.17. The molecule has 88 valence electrons. The van der Waals surface area contributed by atoms with Crippen LogP contribution in [0.4, 0.5) is 11.4 Å². The molecule has 1 aromatic rings. The third-order valence-corrected chi connectivity index (χ3v) is 3.14. The van der Waals surface area contributed by atoms with Crippen LogP contribution in [0.2, 0.25) is 0 Å². The molecule has 0 spiro atoms. The Morgan fingerprint density at radius 2 is 2.25 bits per heavy atom. The number of hydrogen-bond donors (Lipinski definition) is 3. The topological polar surface area (TPSA) is 47.9 Å². The summed E-state index contributed by atoms with van der Waals surface area (Å²) in [5, 5.41) is 10.3. The fourth-order valence-corrected chi connectivity index (χ4v) is 2.14. The molecule has 0 saturated heterocycles. The third-order valence-electron chi connectivity index (χ3n) is 2.27. The first-order valence-electron chi connectivity index (χ1n) is 5.52. The van der Waals surface area contributed by atoms with Crippen LogP contribution in [0.25, 0.3) is 0 Å². The minimum atomic E-state index is 0.909. The summed E-state index contributed by atoms with van der Waals surface area (Å²) in [7, 11) is 1.87. The van der Waals surface area contributed by atoms with Crippen molar-refractivity contribution in [3.63, 3.8) is 0 Å². The molecular formula is C12H19N3S. The van der Waals surface area contributed by atoms with E-state index in [0.29, 0.717) is 0 Å². The molecule has 1 rings (SSSR count). The van der Waals surface area contributed by atoms with Crippen molar-refractivity contribution in [3.05, 3.63) is 23.8 Å². The Balaban J connectivity index is 2.57. The van der Waals surface area contributed by atoms with Crippen LogP contribution in [0.3, 0.4) is 0 Å². The largest absolute Gasteiger partial charge is 0.388 e. The van der Waals surface area contributed by atoms with Crippen LogP contribution in [0, 0.1) is 5.41 Å². The van der Waals surface area contributed by atoms with Gasteiger partial charge in [0.2, 0.25) is 0 Å². The summed E-state index contributed by atoms with van der Waals surface area (Å²) in [4.78, 5) is 0. The van der Waals surface area contributed by atoms with Crippen LogP contribution in [0.5, 0.6) is 0 Å². The zero-order valence-electron chi connectivity index (χ0n) is 9.84. The predicted octanol–water partition coefficient (Wildman–Crippen LogP) is 3.59. The Hall–Kier alpha value is -1.16. The molecule has 3 nitrogen and oxygen atoms in total. The highest BCUT2D eigenvalue weighted by molar-refractivity contribution is 8.00. The van der Waals surface area contributed by atoms with Crippen molar-refractivity contribution < 1.29 is 0 Å². The van der Waals surface area contributed by atoms with Gasteiger partial charge in [0.25, 0.3) is 0 Å². The van der Waals surface area contributed by atoms with Crippen molar-refractivity contribution in [3.8, 4) is 0 Å². The summed E-state index contributed by atoms with van der Waals surface area (Å²) in [6.45, 7) is 2.19. The average Bonchev–Trinajstić information content (AvgIpc) is 2.34. The SMILES string of the molecule is CCCCSNc1ccc(C=N)c(NC)c1. The van der Waals surface area contributed by atoms with Gasteiger partial charge in [0.15, 0.2) is 0 Å². The van der Waals surface area contributed by atoms with Crippen LogP contribution in [0.15, 0.2) is 18.2 Å². The first-order valence-corrected chi connectivity index (χ1v) is 6.50. The van der Waals surface area contributed by atoms with Crippen molar-refractivity contribution in [1.29, 1.82) is 5.41 Å². The monoisotopic (exact) mass is 237 g/mol. The lowest BCUT2D eigenvalue weighted by molar-refractivity contribution is 0.897. The molecular weight excluding hydrogens is 218 g/mol. The molecule has 1 aromatic carbocycles. The molecule has 0 atom stereocenters. The lowest BCUT2D eigenvalue weighted by atomic mass is 10.2. The second-order valence-electron chi connectivity index (χ2n) is 3.50. The molecule has 0 fully saturated rings. The summed E-state index contributed by atoms with van der Waals surface area (Å²) < 4.78 is 3.31. The van der Waals surface area contributed by atoms with E-state index in [9.17, 15) is 0 Å². The van der Waals surface area contributed by atoms with E-state index in [1.54, 1.807) is 11.9 Å². The molecule has 0 aromatic heterocycles. The van der Waals surface area contributed by atoms with Gasteiger partial charge in [-0.1, -0.05) is 25.3 Å². The molecule has 0 unspecified atom stereocenters. The Labute approximate surface area is 102 Å². The quantitative estimate of drug-likeness (QED) is 0.386. The maximum absolute atomic E-state index is 7.26. The van der Waals surface area contributed by atoms with E-state index < -0.39 is 0 Å². The van der Waals surface area contributed by atoms with Gasteiger partial charge in [-0.2, -0.15) is 0 Å². The van der Waals surface area contributed by atoms with Gasteiger partial charge < -0.3 is 15.4 Å². The third kappa shape index (κ3) is 3.77. The minimum absolute atomic E-state index is 0.909. The molecule has 3 N–H and O–H groups in total. The molecule has 0 bridgehead atoms. The highest BCUT2D eigenvalue weighted by Crippen LogP contribution is 2.21. The van der Waals surface area contributed by atoms with Gasteiger partial charge >= 0.3 is 0 Å². The number of anilines is 2. The molecule has 0 heterocycles. The van der Waals surface area contributed by atoms with Crippen LogP contribution in [-0.2, 0) is 0 Å². The fraction of sp³-hybridized carbons (Fsp3) is 0.417. The number of nitrogens with one attached hydrogen (secondary N) is 3. The minimum Gasteiger partial charge on any atom is -0.388 e. The highest BCUT2D eigenvalue weighted by Gasteiger charge is 1.99. The van der Waals surface area contributed by atoms with Gasteiger partial charge in [-0.15, -0.1) is 0 Å². The summed E-state index contributed by atoms with van der Waals surface area (Å²) in [6, 6.07) is 5.97. The van der Waals surface area contributed by atoms with Gasteiger partial charge in [-0.05, 0) is 24.6 Å². The molecule has 16 heavy (non-hydrogen) atoms. The summed E-state index contributed by atoms with van der Waals surface area (Å²) in [6.07, 6.45) is 3.82. The maximum Gasteiger partial charge on any atom is 0.0461 e. The Morgan fingerprint density at radius 1 is 1.44 bits per heavy atom. The molecule has 0 aliphatic heterocycles. The standard InChI is InChI=1S/C12H19N3S/c1-3-4-7-16-15-11-6-5-10(9-13)12(8-11)14-2/h5-6,8-9,13-15H,3-4,7H2,1-2H3. The van der Waals surface area contributed by atoms with Crippen LogP contribution in [-0.4, -0.2) is 19.0 Å². The summed E-state index contributed by atoms with van der Waals surface area (Å²) in [5.41, 5.74) is 2.97. The summed E-state index contributed by atoms with van der Waals surface area (Å²) in [5.74, 6) is 1.12. The van der Waals surface area contributed by atoms with Crippen molar-refractivity contribution >= 4 is 29.5 Å². The molecule has 0 amide bonds. The molecule has 0 radical (unpaired) electrons. The van der Waals surface area contributed by atoms with E-state index in [2.05, 4.69) is 17.0 Å². The van der Waals surface area contributed by atoms with E-state index in [1.807, 2.05) is 25.2 Å². The summed E-state index contributed by atoms with van der Waals surface area (Å²) >= 11 is 1.73. The second-order valence-corrected chi connectivity index (χ2v) is 4.40. The number of benzene rings is 1. The van der Waals surface area contributed by atoms with E-state index in [0.717, 1.165) is 22.7 Å². The Kier molecular flexibility index (Phi) is 5.78. The van der Waals surface area contributed by atoms with E-state index in [-0.39, 0.29) is 0 Å². The zero-order valence-corrected chi connectivity index (χ0v) is 10.7. The van der Waals surface area contributed by atoms with Crippen molar-refractivity contribution in [2.24, 2.45) is 0 Å². The lowest BCUT2D eigenvalue weighted by Gasteiger charge is -2.09. The van der Waals surface area contributed by atoms with Gasteiger partial charge in [-0.25, -0.2) is 0 Å². The van der Waals surface area contributed by atoms with Gasteiger partial charge in [0, 0.05) is 36.0 Å². The van der Waals surface area contributed by atoms with E-state index in [4.69, 9.17) is 5.41 Å². The smallest absolute Gasteiger partial charge is 0.0461 e. The van der Waals surface area contributed by atoms with Crippen molar-refractivity contribution in [1.82, 2.24) is 0 Å². The van der Waals surface area contributed by atoms with Gasteiger partial charge in [-0.3, -0.25) is 0 Å². The molecule has 0 aliphatic carbocycles.